The Labute approximate surface area is 126 Å². The SMILES string of the molecule is CCNC1COCC1C(=O)Nc1cc([N+](=O)[O-])ccc1Cl. The van der Waals surface area contributed by atoms with Crippen molar-refractivity contribution in [3.63, 3.8) is 0 Å². The van der Waals surface area contributed by atoms with Crippen molar-refractivity contribution in [3.05, 3.63) is 33.3 Å². The Hall–Kier alpha value is -1.70. The van der Waals surface area contributed by atoms with E-state index in [1.54, 1.807) is 0 Å². The number of carbonyl (C=O) groups excluding carboxylic acids is 1. The normalized spacial score (nSPS) is 21.2. The van der Waals surface area contributed by atoms with Crippen molar-refractivity contribution >= 4 is 28.9 Å². The molecular weight excluding hydrogens is 298 g/mol. The summed E-state index contributed by atoms with van der Waals surface area (Å²) < 4.78 is 5.31. The van der Waals surface area contributed by atoms with Crippen LogP contribution in [0.5, 0.6) is 0 Å². The van der Waals surface area contributed by atoms with Crippen molar-refractivity contribution in [2.24, 2.45) is 5.92 Å². The highest BCUT2D eigenvalue weighted by molar-refractivity contribution is 6.33. The van der Waals surface area contributed by atoms with Gasteiger partial charge < -0.3 is 15.4 Å². The number of nitrogens with one attached hydrogen (secondary N) is 2. The number of hydrogen-bond acceptors (Lipinski definition) is 5. The standard InChI is InChI=1S/C13H16ClN3O4/c1-2-15-12-7-21-6-9(12)13(18)16-11-5-8(17(19)20)3-4-10(11)14/h3-5,9,12,15H,2,6-7H2,1H3,(H,16,18). The number of non-ortho nitro benzene ring substituents is 1. The molecule has 1 fully saturated rings. The third kappa shape index (κ3) is 3.69. The Morgan fingerprint density at radius 3 is 2.95 bits per heavy atom. The fraction of sp³-hybridized carbons (Fsp3) is 0.462. The van der Waals surface area contributed by atoms with Gasteiger partial charge in [0.05, 0.1) is 34.8 Å². The maximum Gasteiger partial charge on any atom is 0.271 e. The maximum atomic E-state index is 12.3. The van der Waals surface area contributed by atoms with E-state index in [0.717, 1.165) is 6.54 Å². The zero-order valence-corrected chi connectivity index (χ0v) is 12.2. The summed E-state index contributed by atoms with van der Waals surface area (Å²) in [6.07, 6.45) is 0. The molecule has 1 aliphatic rings. The summed E-state index contributed by atoms with van der Waals surface area (Å²) >= 11 is 5.97. The van der Waals surface area contributed by atoms with E-state index >= 15 is 0 Å². The number of benzene rings is 1. The summed E-state index contributed by atoms with van der Waals surface area (Å²) in [7, 11) is 0. The van der Waals surface area contributed by atoms with Crippen molar-refractivity contribution in [3.8, 4) is 0 Å². The van der Waals surface area contributed by atoms with Crippen molar-refractivity contribution < 1.29 is 14.5 Å². The number of nitro groups is 1. The van der Waals surface area contributed by atoms with Gasteiger partial charge in [-0.1, -0.05) is 18.5 Å². The molecule has 1 aromatic carbocycles. The molecule has 1 amide bonds. The third-order valence-electron chi connectivity index (χ3n) is 3.30. The molecule has 2 atom stereocenters. The van der Waals surface area contributed by atoms with Gasteiger partial charge in [-0.25, -0.2) is 0 Å². The van der Waals surface area contributed by atoms with Crippen LogP contribution in [0.1, 0.15) is 6.92 Å². The molecule has 0 saturated carbocycles. The minimum absolute atomic E-state index is 0.0625. The third-order valence-corrected chi connectivity index (χ3v) is 3.63. The highest BCUT2D eigenvalue weighted by Crippen LogP contribution is 2.27. The molecule has 114 valence electrons. The lowest BCUT2D eigenvalue weighted by atomic mass is 10.0. The fourth-order valence-corrected chi connectivity index (χ4v) is 2.39. The van der Waals surface area contributed by atoms with Crippen LogP contribution >= 0.6 is 11.6 Å². The van der Waals surface area contributed by atoms with E-state index in [1.165, 1.54) is 18.2 Å². The molecule has 2 N–H and O–H groups in total. The van der Waals surface area contributed by atoms with Gasteiger partial charge in [0.25, 0.3) is 5.69 Å². The van der Waals surface area contributed by atoms with E-state index in [2.05, 4.69) is 10.6 Å². The number of likely N-dealkylation sites (N-methyl/N-ethyl adjacent to an activating group) is 1. The van der Waals surface area contributed by atoms with Gasteiger partial charge in [-0.15, -0.1) is 0 Å². The van der Waals surface area contributed by atoms with Crippen molar-refractivity contribution in [1.29, 1.82) is 0 Å². The number of carbonyl (C=O) groups is 1. The molecule has 7 nitrogen and oxygen atoms in total. The first kappa shape index (κ1) is 15.7. The van der Waals surface area contributed by atoms with Gasteiger partial charge in [0, 0.05) is 18.2 Å². The van der Waals surface area contributed by atoms with Crippen molar-refractivity contribution in [1.82, 2.24) is 5.32 Å². The zero-order chi connectivity index (χ0) is 15.4. The number of rotatable bonds is 5. The van der Waals surface area contributed by atoms with E-state index in [0.29, 0.717) is 13.2 Å². The van der Waals surface area contributed by atoms with Crippen LogP contribution in [-0.4, -0.2) is 36.6 Å². The molecule has 1 aliphatic heterocycles. The topological polar surface area (TPSA) is 93.5 Å². The molecule has 1 saturated heterocycles. The highest BCUT2D eigenvalue weighted by Gasteiger charge is 2.33. The average molecular weight is 314 g/mol. The largest absolute Gasteiger partial charge is 0.379 e. The van der Waals surface area contributed by atoms with Gasteiger partial charge in [0.1, 0.15) is 0 Å². The smallest absolute Gasteiger partial charge is 0.271 e. The molecular formula is C13H16ClN3O4. The van der Waals surface area contributed by atoms with Gasteiger partial charge in [-0.3, -0.25) is 14.9 Å². The van der Waals surface area contributed by atoms with E-state index in [1.807, 2.05) is 6.92 Å². The van der Waals surface area contributed by atoms with E-state index in [4.69, 9.17) is 16.3 Å². The van der Waals surface area contributed by atoms with Crippen LogP contribution in [0.15, 0.2) is 18.2 Å². The number of ether oxygens (including phenoxy) is 1. The second-order valence-electron chi connectivity index (χ2n) is 4.72. The quantitative estimate of drug-likeness (QED) is 0.638. The molecule has 0 spiro atoms. The van der Waals surface area contributed by atoms with Crippen LogP contribution in [0, 0.1) is 16.0 Å². The second kappa shape index (κ2) is 6.84. The second-order valence-corrected chi connectivity index (χ2v) is 5.13. The average Bonchev–Trinajstić information content (AvgIpc) is 2.89. The highest BCUT2D eigenvalue weighted by atomic mass is 35.5. The van der Waals surface area contributed by atoms with E-state index < -0.39 is 4.92 Å². The number of nitro benzene ring substituents is 1. The minimum Gasteiger partial charge on any atom is -0.379 e. The minimum atomic E-state index is -0.536. The molecule has 0 aliphatic carbocycles. The Morgan fingerprint density at radius 1 is 1.52 bits per heavy atom. The number of halogens is 1. The predicted molar refractivity (Wildman–Crippen MR) is 78.5 cm³/mol. The molecule has 2 unspecified atom stereocenters. The lowest BCUT2D eigenvalue weighted by Crippen LogP contribution is -2.41. The molecule has 1 heterocycles. The first-order valence-corrected chi connectivity index (χ1v) is 6.96. The fourth-order valence-electron chi connectivity index (χ4n) is 2.22. The van der Waals surface area contributed by atoms with Crippen molar-refractivity contribution in [2.45, 2.75) is 13.0 Å². The van der Waals surface area contributed by atoms with Gasteiger partial charge in [-0.2, -0.15) is 0 Å². The summed E-state index contributed by atoms with van der Waals surface area (Å²) in [6.45, 7) is 3.46. The molecule has 0 aromatic heterocycles. The van der Waals surface area contributed by atoms with Gasteiger partial charge in [0.2, 0.25) is 5.91 Å². The summed E-state index contributed by atoms with van der Waals surface area (Å²) in [4.78, 5) is 22.5. The predicted octanol–water partition coefficient (Wildman–Crippen LogP) is 1.81. The number of nitrogens with zero attached hydrogens (tertiary/aromatic N) is 1. The Balaban J connectivity index is 2.12. The van der Waals surface area contributed by atoms with Gasteiger partial charge in [-0.05, 0) is 12.6 Å². The lowest BCUT2D eigenvalue weighted by molar-refractivity contribution is -0.384. The Morgan fingerprint density at radius 2 is 2.29 bits per heavy atom. The summed E-state index contributed by atoms with van der Waals surface area (Å²) in [6, 6.07) is 3.87. The van der Waals surface area contributed by atoms with E-state index in [9.17, 15) is 14.9 Å². The molecule has 8 heteroatoms. The number of amides is 1. The summed E-state index contributed by atoms with van der Waals surface area (Å²) in [5, 5.41) is 16.8. The molecule has 0 radical (unpaired) electrons. The van der Waals surface area contributed by atoms with Gasteiger partial charge in [0.15, 0.2) is 0 Å². The van der Waals surface area contributed by atoms with Crippen LogP contribution in [0.2, 0.25) is 5.02 Å². The van der Waals surface area contributed by atoms with Crippen LogP contribution in [-0.2, 0) is 9.53 Å². The number of anilines is 1. The Kier molecular flexibility index (Phi) is 5.11. The van der Waals surface area contributed by atoms with Gasteiger partial charge >= 0.3 is 0 Å². The van der Waals surface area contributed by atoms with Crippen LogP contribution in [0.25, 0.3) is 0 Å². The first-order chi connectivity index (χ1) is 10.0. The number of hydrogen-bond donors (Lipinski definition) is 2. The molecule has 1 aromatic rings. The van der Waals surface area contributed by atoms with Crippen LogP contribution < -0.4 is 10.6 Å². The van der Waals surface area contributed by atoms with Crippen molar-refractivity contribution in [2.75, 3.05) is 25.1 Å². The molecule has 0 bridgehead atoms. The monoisotopic (exact) mass is 313 g/mol. The molecule has 2 rings (SSSR count). The first-order valence-electron chi connectivity index (χ1n) is 6.59. The van der Waals surface area contributed by atoms with E-state index in [-0.39, 0.29) is 34.3 Å². The Bertz CT molecular complexity index is 552. The summed E-state index contributed by atoms with van der Waals surface area (Å²) in [5.74, 6) is -0.610. The zero-order valence-electron chi connectivity index (χ0n) is 11.5. The lowest BCUT2D eigenvalue weighted by Gasteiger charge is -2.18. The van der Waals surface area contributed by atoms with Crippen LogP contribution in [0.4, 0.5) is 11.4 Å². The molecule has 21 heavy (non-hydrogen) atoms. The van der Waals surface area contributed by atoms with Crippen LogP contribution in [0.3, 0.4) is 0 Å². The maximum absolute atomic E-state index is 12.3. The summed E-state index contributed by atoms with van der Waals surface area (Å²) in [5.41, 5.74) is 0.110.